The van der Waals surface area contributed by atoms with Gasteiger partial charge in [0, 0.05) is 30.6 Å². The molecule has 1 aliphatic rings. The van der Waals surface area contributed by atoms with Crippen LogP contribution in [-0.2, 0) is 11.8 Å². The van der Waals surface area contributed by atoms with Crippen LogP contribution in [0.15, 0.2) is 30.3 Å². The van der Waals surface area contributed by atoms with Gasteiger partial charge in [0.1, 0.15) is 5.69 Å². The summed E-state index contributed by atoms with van der Waals surface area (Å²) in [7, 11) is 1.94. The van der Waals surface area contributed by atoms with Crippen LogP contribution in [0.3, 0.4) is 0 Å². The molecule has 0 saturated carbocycles. The summed E-state index contributed by atoms with van der Waals surface area (Å²) >= 11 is 0. The van der Waals surface area contributed by atoms with Gasteiger partial charge in [-0.3, -0.25) is 4.79 Å². The third kappa shape index (κ3) is 2.81. The second kappa shape index (κ2) is 5.19. The lowest BCUT2D eigenvalue weighted by atomic mass is 9.94. The van der Waals surface area contributed by atoms with Gasteiger partial charge in [0.25, 0.3) is 5.91 Å². The molecule has 2 aromatic rings. The lowest BCUT2D eigenvalue weighted by Crippen LogP contribution is -2.46. The second-order valence-corrected chi connectivity index (χ2v) is 6.42. The Morgan fingerprint density at radius 3 is 2.86 bits per heavy atom. The molecule has 112 valence electrons. The first-order valence-electron chi connectivity index (χ1n) is 7.45. The largest absolute Gasteiger partial charge is 0.375 e. The molecule has 0 unspecified atom stereocenters. The van der Waals surface area contributed by atoms with Crippen molar-refractivity contribution >= 4 is 16.8 Å². The Kier molecular flexibility index (Phi) is 3.49. The van der Waals surface area contributed by atoms with Crippen molar-refractivity contribution in [1.82, 2.24) is 9.88 Å². The SMILES string of the molecule is Cn1c(C(=O)N[C@@H]2CCOC(C)(C)C2)cc2ccccc21. The van der Waals surface area contributed by atoms with Crippen LogP contribution in [-0.4, -0.2) is 28.7 Å². The number of carbonyl (C=O) groups excluding carboxylic acids is 1. The molecule has 0 radical (unpaired) electrons. The van der Waals surface area contributed by atoms with E-state index in [2.05, 4.69) is 19.2 Å². The van der Waals surface area contributed by atoms with E-state index in [0.29, 0.717) is 12.3 Å². The molecule has 4 heteroatoms. The van der Waals surface area contributed by atoms with Crippen molar-refractivity contribution in [2.45, 2.75) is 38.3 Å². The number of nitrogens with zero attached hydrogens (tertiary/aromatic N) is 1. The van der Waals surface area contributed by atoms with Gasteiger partial charge in [-0.1, -0.05) is 18.2 Å². The molecule has 1 aromatic heterocycles. The van der Waals surface area contributed by atoms with Gasteiger partial charge in [0.05, 0.1) is 5.60 Å². The highest BCUT2D eigenvalue weighted by Gasteiger charge is 2.30. The molecule has 2 heterocycles. The normalized spacial score (nSPS) is 21.4. The number of nitrogens with one attached hydrogen (secondary N) is 1. The number of hydrogen-bond acceptors (Lipinski definition) is 2. The fourth-order valence-corrected chi connectivity index (χ4v) is 3.12. The minimum Gasteiger partial charge on any atom is -0.375 e. The number of amides is 1. The van der Waals surface area contributed by atoms with Gasteiger partial charge < -0.3 is 14.6 Å². The maximum absolute atomic E-state index is 12.5. The molecule has 1 N–H and O–H groups in total. The van der Waals surface area contributed by atoms with Crippen LogP contribution in [0.1, 0.15) is 37.2 Å². The number of hydrogen-bond donors (Lipinski definition) is 1. The number of benzene rings is 1. The van der Waals surface area contributed by atoms with Crippen molar-refractivity contribution in [3.63, 3.8) is 0 Å². The van der Waals surface area contributed by atoms with Crippen LogP contribution in [0.25, 0.3) is 10.9 Å². The predicted molar refractivity (Wildman–Crippen MR) is 83.4 cm³/mol. The van der Waals surface area contributed by atoms with Crippen LogP contribution >= 0.6 is 0 Å². The first kappa shape index (κ1) is 14.1. The van der Waals surface area contributed by atoms with Crippen molar-refractivity contribution in [2.75, 3.05) is 6.61 Å². The Bertz CT molecular complexity index is 672. The van der Waals surface area contributed by atoms with Gasteiger partial charge in [-0.25, -0.2) is 0 Å². The van der Waals surface area contributed by atoms with E-state index in [1.807, 2.05) is 41.9 Å². The van der Waals surface area contributed by atoms with E-state index in [0.717, 1.165) is 23.7 Å². The number of fused-ring (bicyclic) bond motifs is 1. The molecule has 1 aliphatic heterocycles. The molecule has 1 fully saturated rings. The Morgan fingerprint density at radius 2 is 2.14 bits per heavy atom. The van der Waals surface area contributed by atoms with E-state index in [1.165, 1.54) is 0 Å². The lowest BCUT2D eigenvalue weighted by Gasteiger charge is -2.35. The molecular formula is C17H22N2O2. The van der Waals surface area contributed by atoms with Crippen molar-refractivity contribution in [3.05, 3.63) is 36.0 Å². The van der Waals surface area contributed by atoms with E-state index in [-0.39, 0.29) is 17.6 Å². The average molecular weight is 286 g/mol. The number of aryl methyl sites for hydroxylation is 1. The number of para-hydroxylation sites is 1. The first-order valence-corrected chi connectivity index (χ1v) is 7.45. The van der Waals surface area contributed by atoms with E-state index < -0.39 is 0 Å². The van der Waals surface area contributed by atoms with Crippen molar-refractivity contribution in [2.24, 2.45) is 7.05 Å². The molecule has 0 spiro atoms. The van der Waals surface area contributed by atoms with Crippen molar-refractivity contribution < 1.29 is 9.53 Å². The third-order valence-electron chi connectivity index (χ3n) is 4.22. The Balaban J connectivity index is 1.79. The maximum Gasteiger partial charge on any atom is 0.268 e. The molecule has 1 saturated heterocycles. The summed E-state index contributed by atoms with van der Waals surface area (Å²) in [6.45, 7) is 4.84. The Labute approximate surface area is 125 Å². The number of rotatable bonds is 2. The summed E-state index contributed by atoms with van der Waals surface area (Å²) in [4.78, 5) is 12.5. The fourth-order valence-electron chi connectivity index (χ4n) is 3.12. The van der Waals surface area contributed by atoms with E-state index >= 15 is 0 Å². The van der Waals surface area contributed by atoms with Gasteiger partial charge in [-0.15, -0.1) is 0 Å². The number of aromatic nitrogens is 1. The van der Waals surface area contributed by atoms with Gasteiger partial charge in [0.2, 0.25) is 0 Å². The van der Waals surface area contributed by atoms with Crippen LogP contribution in [0.2, 0.25) is 0 Å². The minimum atomic E-state index is -0.158. The zero-order chi connectivity index (χ0) is 15.0. The highest BCUT2D eigenvalue weighted by Crippen LogP contribution is 2.24. The monoisotopic (exact) mass is 286 g/mol. The molecule has 1 aromatic carbocycles. The van der Waals surface area contributed by atoms with Crippen LogP contribution in [0.4, 0.5) is 0 Å². The summed E-state index contributed by atoms with van der Waals surface area (Å²) in [6, 6.07) is 10.2. The molecule has 0 aliphatic carbocycles. The molecule has 0 bridgehead atoms. The van der Waals surface area contributed by atoms with Crippen LogP contribution in [0.5, 0.6) is 0 Å². The van der Waals surface area contributed by atoms with E-state index in [1.54, 1.807) is 0 Å². The van der Waals surface area contributed by atoms with Gasteiger partial charge in [-0.2, -0.15) is 0 Å². The maximum atomic E-state index is 12.5. The highest BCUT2D eigenvalue weighted by atomic mass is 16.5. The molecule has 3 rings (SSSR count). The third-order valence-corrected chi connectivity index (χ3v) is 4.22. The number of ether oxygens (including phenoxy) is 1. The summed E-state index contributed by atoms with van der Waals surface area (Å²) in [5.74, 6) is -0.00333. The van der Waals surface area contributed by atoms with Crippen LogP contribution in [0, 0.1) is 0 Å². The first-order chi connectivity index (χ1) is 9.96. The number of carbonyl (C=O) groups is 1. The smallest absolute Gasteiger partial charge is 0.268 e. The molecule has 21 heavy (non-hydrogen) atoms. The second-order valence-electron chi connectivity index (χ2n) is 6.42. The van der Waals surface area contributed by atoms with E-state index in [4.69, 9.17) is 4.74 Å². The summed E-state index contributed by atoms with van der Waals surface area (Å²) in [5, 5.41) is 4.25. The van der Waals surface area contributed by atoms with Gasteiger partial charge in [-0.05, 0) is 38.8 Å². The summed E-state index contributed by atoms with van der Waals surface area (Å²) < 4.78 is 7.65. The van der Waals surface area contributed by atoms with Crippen LogP contribution < -0.4 is 5.32 Å². The quantitative estimate of drug-likeness (QED) is 0.922. The molecule has 1 atom stereocenters. The van der Waals surface area contributed by atoms with E-state index in [9.17, 15) is 4.79 Å². The molecule has 4 nitrogen and oxygen atoms in total. The highest BCUT2D eigenvalue weighted by molar-refractivity contribution is 5.98. The van der Waals surface area contributed by atoms with Gasteiger partial charge in [0.15, 0.2) is 0 Å². The van der Waals surface area contributed by atoms with Gasteiger partial charge >= 0.3 is 0 Å². The summed E-state index contributed by atoms with van der Waals surface area (Å²) in [5.41, 5.74) is 1.63. The zero-order valence-corrected chi connectivity index (χ0v) is 12.8. The molecular weight excluding hydrogens is 264 g/mol. The Hall–Kier alpha value is -1.81. The lowest BCUT2D eigenvalue weighted by molar-refractivity contribution is -0.0615. The average Bonchev–Trinajstić information content (AvgIpc) is 2.76. The fraction of sp³-hybridized carbons (Fsp3) is 0.471. The predicted octanol–water partition coefficient (Wildman–Crippen LogP) is 2.87. The topological polar surface area (TPSA) is 43.3 Å². The standard InChI is InChI=1S/C17H22N2O2/c1-17(2)11-13(8-9-21-17)18-16(20)15-10-12-6-4-5-7-14(12)19(15)3/h4-7,10,13H,8-9,11H2,1-3H3,(H,18,20)/t13-/m1/s1. The Morgan fingerprint density at radius 1 is 1.38 bits per heavy atom. The minimum absolute atomic E-state index is 0.00333. The molecule has 1 amide bonds. The summed E-state index contributed by atoms with van der Waals surface area (Å²) in [6.07, 6.45) is 1.72. The zero-order valence-electron chi connectivity index (χ0n) is 12.8. The van der Waals surface area contributed by atoms with Crippen molar-refractivity contribution in [1.29, 1.82) is 0 Å². The van der Waals surface area contributed by atoms with Crippen molar-refractivity contribution in [3.8, 4) is 0 Å².